The van der Waals surface area contributed by atoms with E-state index in [4.69, 9.17) is 0.594 Å². The fraction of sp³-hybridized carbons (Fsp3) is 0. The Morgan fingerprint density at radius 3 is 0.365 bits per heavy atom. The van der Waals surface area contributed by atoms with Gasteiger partial charge in [0, 0.05) is 0 Å². The van der Waals surface area contributed by atoms with Crippen LogP contribution in [-0.2, 0) is 0 Å². The molecule has 442 valence electrons. The van der Waals surface area contributed by atoms with Crippen LogP contribution in [-0.4, -0.2) is 0.594 Å². The van der Waals surface area contributed by atoms with Crippen molar-refractivity contribution in [2.75, 3.05) is 0 Å². The van der Waals surface area contributed by atoms with Gasteiger partial charge in [0.1, 0.15) is 0 Å². The molecule has 0 heterocycles. The van der Waals surface area contributed by atoms with E-state index in [1.807, 2.05) is 0 Å². The zero-order chi connectivity index (χ0) is 50.9. The standard InChI is InChI=1S/HI63/c1-33-35(4)37(6)39(8)41(10)43(12)45(14)47(16)49(18)51(20)53(22)55(24)57(26)59(28)61(30)63(32)62(31)60(29)58(27)56(25)54(23)52(21)50(19)48(17)46(15)44(13)42(11)40(9)38(7)36(5)34(2)3/h33H/i33D. The third-order valence-corrected chi connectivity index (χ3v) is 4880. The van der Waals surface area contributed by atoms with E-state index in [1.54, 1.807) is 0 Å². The van der Waals surface area contributed by atoms with Gasteiger partial charge in [0.2, 0.25) is 0 Å². The molecule has 0 aliphatic heterocycles. The van der Waals surface area contributed by atoms with Gasteiger partial charge in [-0.05, 0) is 0 Å². The van der Waals surface area contributed by atoms with E-state index in [2.05, 4.69) is 596 Å². The molecule has 0 spiro atoms. The van der Waals surface area contributed by atoms with Crippen LogP contribution in [0.1, 0.15) is 0 Å². The van der Waals surface area contributed by atoms with E-state index in [0.717, 1.165) is 0 Å². The number of rotatable bonds is 30. The second-order valence-electron chi connectivity index (χ2n) is 4.91. The maximum atomic E-state index is 8.69. The topological polar surface area (TPSA) is 0 Å². The molecule has 0 aliphatic carbocycles. The zero-order valence-corrected chi connectivity index (χ0v) is 160. The molecule has 0 unspecified atom stereocenters. The minimum absolute atomic E-state index is 0.479. The van der Waals surface area contributed by atoms with Crippen LogP contribution in [0, 0.1) is 0 Å². The van der Waals surface area contributed by atoms with E-state index in [-0.39, 0.29) is 0 Å². The van der Waals surface area contributed by atoms with Gasteiger partial charge in [0.25, 0.3) is 0 Å². The van der Waals surface area contributed by atoms with Gasteiger partial charge < -0.3 is 0 Å². The molecule has 0 atom stereocenters. The van der Waals surface area contributed by atoms with Gasteiger partial charge in [0.15, 0.2) is 0 Å². The molecule has 63 heavy (non-hydrogen) atoms. The van der Waals surface area contributed by atoms with Gasteiger partial charge in [-0.3, -0.25) is 0 Å². The molecule has 0 fully saturated rings. The van der Waals surface area contributed by atoms with Crippen LogP contribution < -0.4 is 0 Å². The molecular weight excluding hydrogens is 7990 g/mol. The summed E-state index contributed by atoms with van der Waals surface area (Å²) in [7, 11) is -18.1. The van der Waals surface area contributed by atoms with Crippen molar-refractivity contribution in [2.24, 2.45) is 0 Å². The first-order valence-electron chi connectivity index (χ1n) is 9.24. The Labute approximate surface area is 795 Å². The van der Waals surface area contributed by atoms with Crippen LogP contribution >= 0.6 is 846 Å². The summed E-state index contributed by atoms with van der Waals surface area (Å²) in [5, 5.41) is 0. The van der Waals surface area contributed by atoms with E-state index >= 15 is 0 Å². The summed E-state index contributed by atoms with van der Waals surface area (Å²) in [6, 6.07) is 0. The molecular formula is HI63. The van der Waals surface area contributed by atoms with Crippen LogP contribution in [0.3, 0.4) is 0 Å². The summed E-state index contributed by atoms with van der Waals surface area (Å²) in [5.41, 5.74) is 0. The van der Waals surface area contributed by atoms with Crippen molar-refractivity contribution in [3.05, 3.63) is 0 Å². The number of halogens is 63. The zero-order valence-electron chi connectivity index (χ0n) is 24.8. The van der Waals surface area contributed by atoms with Crippen molar-refractivity contribution in [3.63, 3.8) is 0 Å². The Bertz CT molecular complexity index is 1130. The minimum atomic E-state index is -1.24. The normalized spacial score (nSPS) is 19.3. The van der Waals surface area contributed by atoms with Crippen molar-refractivity contribution < 1.29 is 0 Å². The molecule has 0 radical (unpaired) electrons. The molecule has 0 N–H and O–H groups in total. The predicted molar refractivity (Wildman–Crippen MR) is 885 cm³/mol. The van der Waals surface area contributed by atoms with Gasteiger partial charge in [-0.1, -0.05) is 0 Å². The summed E-state index contributed by atoms with van der Waals surface area (Å²) in [6.07, 6.45) is 0. The Morgan fingerprint density at radius 2 is 0.270 bits per heavy atom. The molecule has 0 aromatic heterocycles. The number of hydrogen-bond acceptors (Lipinski definition) is 0. The van der Waals surface area contributed by atoms with Gasteiger partial charge in [-0.2, -0.15) is 0 Å². The summed E-state index contributed by atoms with van der Waals surface area (Å²) < 4.78 is 8.69. The van der Waals surface area contributed by atoms with Gasteiger partial charge >= 0.3 is 846 Å². The Morgan fingerprint density at radius 1 is 0.175 bits per heavy atom. The van der Waals surface area contributed by atoms with Crippen molar-refractivity contribution in [1.82, 2.24) is 0 Å². The molecule has 63 heteroatoms. The summed E-state index contributed by atoms with van der Waals surface area (Å²) in [5.74, 6) is 0. The Balaban J connectivity index is 5.70. The van der Waals surface area contributed by atoms with Crippen molar-refractivity contribution in [3.8, 4) is 0 Å². The van der Waals surface area contributed by atoms with Crippen LogP contribution in [0.2, 0.25) is 0 Å². The molecule has 0 aromatic rings. The fourth-order valence-electron chi connectivity index (χ4n) is 0.879. The third-order valence-electron chi connectivity index (χ3n) is 2.41. The average molecular weight is 8000 g/mol. The third kappa shape index (κ3) is 45.1. The van der Waals surface area contributed by atoms with Crippen LogP contribution in [0.25, 0.3) is 0 Å². The molecule has 0 amide bonds. The second kappa shape index (κ2) is 65.9. The predicted octanol–water partition coefficient (Wildman–Crippen LogP) is 55.5. The molecule has 0 bridgehead atoms. The molecule has 0 aromatic carbocycles. The first kappa shape index (κ1) is 107. The molecule has 0 saturated carbocycles. The Hall–Kier alpha value is 46.0. The number of hydrogen-bond donors (Lipinski definition) is 0. The Kier molecular flexibility index (Phi) is 112. The fourth-order valence-corrected chi connectivity index (χ4v) is 11900. The van der Waals surface area contributed by atoms with Crippen molar-refractivity contribution >= 4 is 846 Å². The van der Waals surface area contributed by atoms with E-state index in [1.165, 1.54) is 0 Å². The SMILES string of the molecule is [2H]I(I)I(I)I(I)I(I)I(I)I(I)I(I)I(I)I(I)I(I)I(I)I(I)I(I)I(I)I(I)I(I)I(I)I(I)I(I)I(I)I(I)I(I)I(I)I(I)I(I)I(I)I(I)I(I)I(I)I(I)I(I)I. The first-order valence-corrected chi connectivity index (χ1v) is 399. The first-order chi connectivity index (χ1) is 29.1. The van der Waals surface area contributed by atoms with Crippen molar-refractivity contribution in [2.45, 2.75) is 0 Å². The van der Waals surface area contributed by atoms with Crippen LogP contribution in [0.5, 0.6) is 0 Å². The summed E-state index contributed by atoms with van der Waals surface area (Å²) >= 11 is 104. The quantitative estimate of drug-likeness (QED) is 0.0629. The monoisotopic (exact) mass is 8000 g/mol. The maximum absolute atomic E-state index is 8.69. The van der Waals surface area contributed by atoms with E-state index < -0.39 is 250 Å². The van der Waals surface area contributed by atoms with Crippen LogP contribution in [0.15, 0.2) is 0 Å². The van der Waals surface area contributed by atoms with Gasteiger partial charge in [-0.25, -0.2) is 0 Å². The second-order valence-corrected chi connectivity index (χ2v) is 1480. The van der Waals surface area contributed by atoms with Gasteiger partial charge in [-0.15, -0.1) is 0 Å². The van der Waals surface area contributed by atoms with Crippen LogP contribution in [0.4, 0.5) is 0 Å². The van der Waals surface area contributed by atoms with Crippen molar-refractivity contribution in [1.29, 1.82) is 0.594 Å². The molecule has 0 aliphatic rings. The molecule has 0 saturated heterocycles. The van der Waals surface area contributed by atoms with Gasteiger partial charge in [0.05, 0.1) is 0 Å². The summed E-state index contributed by atoms with van der Waals surface area (Å²) in [4.78, 5) is 0. The van der Waals surface area contributed by atoms with E-state index in [0.29, 0.717) is 0 Å². The molecule has 0 rings (SSSR count). The average Bonchev–Trinajstić information content (AvgIpc) is 3.28. The molecule has 0 nitrogen and oxygen atoms in total. The van der Waals surface area contributed by atoms with E-state index in [9.17, 15) is 0 Å². The summed E-state index contributed by atoms with van der Waals surface area (Å²) in [6.45, 7) is 0.